The second-order valence-corrected chi connectivity index (χ2v) is 5.83. The summed E-state index contributed by atoms with van der Waals surface area (Å²) in [5.74, 6) is -3.15. The summed E-state index contributed by atoms with van der Waals surface area (Å²) >= 11 is 0.308. The SMILES string of the molecule is O=C(Cn1c(SC(F)F)nc2ccccc21)OCc1cccnc1. The van der Waals surface area contributed by atoms with Crippen molar-refractivity contribution in [2.24, 2.45) is 0 Å². The number of carbonyl (C=O) groups excluding carboxylic acids is 1. The van der Waals surface area contributed by atoms with Crippen molar-refractivity contribution in [3.05, 3.63) is 54.4 Å². The molecule has 0 unspecified atom stereocenters. The smallest absolute Gasteiger partial charge is 0.326 e. The third kappa shape index (κ3) is 3.88. The molecule has 0 amide bonds. The van der Waals surface area contributed by atoms with E-state index in [0.717, 1.165) is 5.56 Å². The molecule has 0 radical (unpaired) electrons. The van der Waals surface area contributed by atoms with Crippen LogP contribution in [0.15, 0.2) is 53.9 Å². The van der Waals surface area contributed by atoms with E-state index < -0.39 is 11.7 Å². The first-order chi connectivity index (χ1) is 11.6. The van der Waals surface area contributed by atoms with E-state index >= 15 is 0 Å². The summed E-state index contributed by atoms with van der Waals surface area (Å²) in [4.78, 5) is 20.2. The number of hydrogen-bond donors (Lipinski definition) is 0. The molecular weight excluding hydrogens is 336 g/mol. The van der Waals surface area contributed by atoms with E-state index in [4.69, 9.17) is 4.74 Å². The number of fused-ring (bicyclic) bond motifs is 1. The Morgan fingerprint density at radius 3 is 2.83 bits per heavy atom. The topological polar surface area (TPSA) is 57.0 Å². The van der Waals surface area contributed by atoms with Gasteiger partial charge in [0, 0.05) is 18.0 Å². The van der Waals surface area contributed by atoms with Gasteiger partial charge in [-0.2, -0.15) is 8.78 Å². The van der Waals surface area contributed by atoms with Crippen molar-refractivity contribution < 1.29 is 18.3 Å². The lowest BCUT2D eigenvalue weighted by molar-refractivity contribution is -0.145. The average Bonchev–Trinajstić information content (AvgIpc) is 2.91. The molecule has 3 aromatic rings. The molecule has 0 aliphatic heterocycles. The molecule has 2 aromatic heterocycles. The summed E-state index contributed by atoms with van der Waals surface area (Å²) < 4.78 is 32.1. The fourth-order valence-corrected chi connectivity index (χ4v) is 2.80. The number of nitrogens with zero attached hydrogens (tertiary/aromatic N) is 3. The van der Waals surface area contributed by atoms with E-state index in [1.807, 2.05) is 0 Å². The fraction of sp³-hybridized carbons (Fsp3) is 0.188. The maximum Gasteiger partial charge on any atom is 0.326 e. The molecule has 0 fully saturated rings. The Labute approximate surface area is 140 Å². The molecule has 5 nitrogen and oxygen atoms in total. The standard InChI is InChI=1S/C16H13F2N3O2S/c17-15(18)24-16-20-12-5-1-2-6-13(12)21(16)9-14(22)23-10-11-4-3-7-19-8-11/h1-8,15H,9-10H2. The Bertz CT molecular complexity index is 840. The minimum absolute atomic E-state index is 0.0800. The van der Waals surface area contributed by atoms with E-state index in [2.05, 4.69) is 9.97 Å². The summed E-state index contributed by atoms with van der Waals surface area (Å²) in [6, 6.07) is 10.5. The zero-order valence-corrected chi connectivity index (χ0v) is 13.2. The first kappa shape index (κ1) is 16.4. The van der Waals surface area contributed by atoms with Gasteiger partial charge in [0.15, 0.2) is 5.16 Å². The van der Waals surface area contributed by atoms with Crippen LogP contribution in [0.25, 0.3) is 11.0 Å². The summed E-state index contributed by atoms with van der Waals surface area (Å²) in [5, 5.41) is 0.0875. The molecule has 24 heavy (non-hydrogen) atoms. The number of para-hydroxylation sites is 2. The highest BCUT2D eigenvalue weighted by Crippen LogP contribution is 2.28. The quantitative estimate of drug-likeness (QED) is 0.504. The van der Waals surface area contributed by atoms with Gasteiger partial charge < -0.3 is 9.30 Å². The number of benzene rings is 1. The zero-order valence-electron chi connectivity index (χ0n) is 12.4. The lowest BCUT2D eigenvalue weighted by Gasteiger charge is -2.09. The van der Waals surface area contributed by atoms with Gasteiger partial charge in [-0.1, -0.05) is 18.2 Å². The number of imidazole rings is 1. The van der Waals surface area contributed by atoms with Crippen LogP contribution in [0, 0.1) is 0 Å². The summed E-state index contributed by atoms with van der Waals surface area (Å²) in [7, 11) is 0. The Kier molecular flexibility index (Phi) is 5.05. The minimum Gasteiger partial charge on any atom is -0.459 e. The van der Waals surface area contributed by atoms with Crippen LogP contribution in [0.5, 0.6) is 0 Å². The van der Waals surface area contributed by atoms with Crippen molar-refractivity contribution in [2.75, 3.05) is 0 Å². The van der Waals surface area contributed by atoms with Gasteiger partial charge in [0.05, 0.1) is 11.0 Å². The van der Waals surface area contributed by atoms with Crippen LogP contribution in [-0.4, -0.2) is 26.3 Å². The van der Waals surface area contributed by atoms with Crippen LogP contribution < -0.4 is 0 Å². The first-order valence-electron chi connectivity index (χ1n) is 7.08. The fourth-order valence-electron chi connectivity index (χ4n) is 2.20. The van der Waals surface area contributed by atoms with E-state index in [0.29, 0.717) is 22.8 Å². The normalized spacial score (nSPS) is 11.1. The zero-order chi connectivity index (χ0) is 16.9. The van der Waals surface area contributed by atoms with Crippen molar-refractivity contribution in [2.45, 2.75) is 24.1 Å². The van der Waals surface area contributed by atoms with Crippen molar-refractivity contribution in [3.8, 4) is 0 Å². The molecule has 0 aliphatic rings. The lowest BCUT2D eigenvalue weighted by Crippen LogP contribution is -2.14. The predicted octanol–water partition coefficient (Wildman–Crippen LogP) is 3.49. The third-order valence-corrected chi connectivity index (χ3v) is 3.92. The molecule has 0 saturated heterocycles. The molecule has 124 valence electrons. The Morgan fingerprint density at radius 2 is 2.08 bits per heavy atom. The molecule has 2 heterocycles. The van der Waals surface area contributed by atoms with Gasteiger partial charge in [0.2, 0.25) is 0 Å². The molecule has 0 spiro atoms. The molecule has 0 aliphatic carbocycles. The maximum atomic E-state index is 12.7. The largest absolute Gasteiger partial charge is 0.459 e. The highest BCUT2D eigenvalue weighted by molar-refractivity contribution is 7.99. The average molecular weight is 349 g/mol. The Balaban J connectivity index is 1.76. The molecule has 0 N–H and O–H groups in total. The van der Waals surface area contributed by atoms with Gasteiger partial charge >= 0.3 is 5.97 Å². The van der Waals surface area contributed by atoms with Crippen LogP contribution in [0.1, 0.15) is 5.56 Å². The molecule has 3 rings (SSSR count). The molecule has 1 aromatic carbocycles. The van der Waals surface area contributed by atoms with E-state index in [9.17, 15) is 13.6 Å². The first-order valence-corrected chi connectivity index (χ1v) is 7.96. The number of ether oxygens (including phenoxy) is 1. The second-order valence-electron chi connectivity index (χ2n) is 4.87. The number of carbonyl (C=O) groups is 1. The Hall–Kier alpha value is -2.48. The van der Waals surface area contributed by atoms with Crippen LogP contribution in [-0.2, 0) is 22.7 Å². The van der Waals surface area contributed by atoms with Gasteiger partial charge in [-0.3, -0.25) is 9.78 Å². The van der Waals surface area contributed by atoms with Crippen LogP contribution in [0.4, 0.5) is 8.78 Å². The van der Waals surface area contributed by atoms with Crippen LogP contribution in [0.2, 0.25) is 0 Å². The minimum atomic E-state index is -2.62. The monoisotopic (exact) mass is 349 g/mol. The predicted molar refractivity (Wildman–Crippen MR) is 85.6 cm³/mol. The number of aromatic nitrogens is 3. The van der Waals surface area contributed by atoms with Crippen molar-refractivity contribution in [1.29, 1.82) is 0 Å². The van der Waals surface area contributed by atoms with Gasteiger partial charge in [0.1, 0.15) is 13.2 Å². The molecule has 8 heteroatoms. The molecule has 0 saturated carbocycles. The Morgan fingerprint density at radius 1 is 1.25 bits per heavy atom. The summed E-state index contributed by atoms with van der Waals surface area (Å²) in [5.41, 5.74) is 1.92. The van der Waals surface area contributed by atoms with E-state index in [1.54, 1.807) is 48.8 Å². The maximum absolute atomic E-state index is 12.7. The second kappa shape index (κ2) is 7.39. The summed E-state index contributed by atoms with van der Waals surface area (Å²) in [6.07, 6.45) is 3.22. The van der Waals surface area contributed by atoms with Crippen LogP contribution >= 0.6 is 11.8 Å². The number of halogens is 2. The summed E-state index contributed by atoms with van der Waals surface area (Å²) in [6.45, 7) is -0.105. The molecule has 0 bridgehead atoms. The van der Waals surface area contributed by atoms with Crippen molar-refractivity contribution in [1.82, 2.24) is 14.5 Å². The number of esters is 1. The van der Waals surface area contributed by atoms with E-state index in [-0.39, 0.29) is 18.3 Å². The number of pyridine rings is 1. The van der Waals surface area contributed by atoms with Gasteiger partial charge in [-0.15, -0.1) is 0 Å². The van der Waals surface area contributed by atoms with Crippen molar-refractivity contribution in [3.63, 3.8) is 0 Å². The highest BCUT2D eigenvalue weighted by atomic mass is 32.2. The van der Waals surface area contributed by atoms with Gasteiger partial charge in [-0.05, 0) is 30.0 Å². The third-order valence-electron chi connectivity index (χ3n) is 3.22. The molecular formula is C16H13F2N3O2S. The lowest BCUT2D eigenvalue weighted by atomic mass is 10.3. The number of hydrogen-bond acceptors (Lipinski definition) is 5. The highest BCUT2D eigenvalue weighted by Gasteiger charge is 2.18. The van der Waals surface area contributed by atoms with E-state index in [1.165, 1.54) is 4.57 Å². The van der Waals surface area contributed by atoms with Crippen LogP contribution in [0.3, 0.4) is 0 Å². The number of thioether (sulfide) groups is 1. The van der Waals surface area contributed by atoms with Crippen molar-refractivity contribution >= 4 is 28.8 Å². The number of alkyl halides is 2. The molecule has 0 atom stereocenters. The van der Waals surface area contributed by atoms with Gasteiger partial charge in [-0.25, -0.2) is 4.98 Å². The number of rotatable bonds is 6. The van der Waals surface area contributed by atoms with Gasteiger partial charge in [0.25, 0.3) is 5.76 Å².